The number of imidazole rings is 1. The Morgan fingerprint density at radius 3 is 2.73 bits per heavy atom. The van der Waals surface area contributed by atoms with Crippen molar-refractivity contribution in [2.24, 2.45) is 7.05 Å². The van der Waals surface area contributed by atoms with Crippen molar-refractivity contribution in [3.05, 3.63) is 34.2 Å². The number of imide groups is 1. The summed E-state index contributed by atoms with van der Waals surface area (Å²) in [5, 5.41) is 5.37. The number of amides is 2. The second kappa shape index (κ2) is 5.42. The first kappa shape index (κ1) is 14.5. The minimum Gasteiger partial charge on any atom is -0.316 e. The van der Waals surface area contributed by atoms with Crippen LogP contribution in [0.3, 0.4) is 0 Å². The van der Waals surface area contributed by atoms with E-state index in [9.17, 15) is 14.4 Å². The molecule has 7 heteroatoms. The zero-order valence-electron chi connectivity index (χ0n) is 12.5. The van der Waals surface area contributed by atoms with Crippen LogP contribution >= 0.6 is 0 Å². The summed E-state index contributed by atoms with van der Waals surface area (Å²) in [6, 6.07) is 5.09. The molecule has 2 aromatic rings. The number of aryl methyl sites for hydroxylation is 1. The molecule has 0 bridgehead atoms. The van der Waals surface area contributed by atoms with Crippen LogP contribution in [-0.2, 0) is 23.2 Å². The molecular formula is C15H18N4O3. The molecule has 1 aromatic carbocycles. The maximum absolute atomic E-state index is 12.5. The summed E-state index contributed by atoms with van der Waals surface area (Å²) in [5.41, 5.74) is 2.31. The van der Waals surface area contributed by atoms with Gasteiger partial charge in [-0.25, -0.2) is 4.79 Å². The number of piperidine rings is 1. The summed E-state index contributed by atoms with van der Waals surface area (Å²) < 4.78 is 3.03. The summed E-state index contributed by atoms with van der Waals surface area (Å²) in [6.07, 6.45) is 0.596. The lowest BCUT2D eigenvalue weighted by atomic mass is 10.1. The third kappa shape index (κ3) is 2.23. The third-order valence-corrected chi connectivity index (χ3v) is 4.06. The highest BCUT2D eigenvalue weighted by Gasteiger charge is 2.31. The van der Waals surface area contributed by atoms with E-state index in [1.54, 1.807) is 7.05 Å². The van der Waals surface area contributed by atoms with E-state index in [1.807, 2.05) is 25.2 Å². The van der Waals surface area contributed by atoms with Gasteiger partial charge in [0.1, 0.15) is 6.04 Å². The minimum absolute atomic E-state index is 0.244. The van der Waals surface area contributed by atoms with Gasteiger partial charge in [0.2, 0.25) is 11.8 Å². The van der Waals surface area contributed by atoms with Crippen LogP contribution in [0.25, 0.3) is 11.0 Å². The Balaban J connectivity index is 2.14. The number of aromatic nitrogens is 2. The third-order valence-electron chi connectivity index (χ3n) is 4.06. The fourth-order valence-electron chi connectivity index (χ4n) is 2.95. The van der Waals surface area contributed by atoms with Crippen molar-refractivity contribution < 1.29 is 9.59 Å². The molecule has 1 aromatic heterocycles. The average Bonchev–Trinajstić information content (AvgIpc) is 2.72. The van der Waals surface area contributed by atoms with Gasteiger partial charge in [0.05, 0.1) is 11.0 Å². The molecule has 3 rings (SSSR count). The van der Waals surface area contributed by atoms with E-state index in [4.69, 9.17) is 0 Å². The number of nitrogens with one attached hydrogen (secondary N) is 2. The van der Waals surface area contributed by atoms with Crippen LogP contribution in [0.1, 0.15) is 24.4 Å². The van der Waals surface area contributed by atoms with E-state index < -0.39 is 11.9 Å². The van der Waals surface area contributed by atoms with E-state index in [-0.39, 0.29) is 18.0 Å². The molecule has 7 nitrogen and oxygen atoms in total. The standard InChI is InChI=1S/C15H18N4O3/c1-16-8-9-3-4-10-12(7-9)18(2)15(22)19(10)11-5-6-13(20)17-14(11)21/h3-4,7,11,16H,5-6,8H2,1-2H3,(H,17,20,21). The average molecular weight is 302 g/mol. The van der Waals surface area contributed by atoms with Crippen LogP contribution in [-0.4, -0.2) is 28.0 Å². The van der Waals surface area contributed by atoms with Gasteiger partial charge in [0.15, 0.2) is 0 Å². The van der Waals surface area contributed by atoms with Crippen LogP contribution in [0.2, 0.25) is 0 Å². The van der Waals surface area contributed by atoms with E-state index in [0.29, 0.717) is 18.5 Å². The first-order valence-corrected chi connectivity index (χ1v) is 7.21. The molecular weight excluding hydrogens is 284 g/mol. The van der Waals surface area contributed by atoms with E-state index in [0.717, 1.165) is 11.1 Å². The fourth-order valence-corrected chi connectivity index (χ4v) is 2.95. The molecule has 1 aliphatic heterocycles. The molecule has 1 atom stereocenters. The van der Waals surface area contributed by atoms with Gasteiger partial charge < -0.3 is 5.32 Å². The van der Waals surface area contributed by atoms with E-state index >= 15 is 0 Å². The first-order chi connectivity index (χ1) is 10.5. The Bertz CT molecular complexity index is 818. The molecule has 2 N–H and O–H groups in total. The minimum atomic E-state index is -0.635. The van der Waals surface area contributed by atoms with Crippen LogP contribution in [0.5, 0.6) is 0 Å². The van der Waals surface area contributed by atoms with Crippen LogP contribution in [0, 0.1) is 0 Å². The smallest absolute Gasteiger partial charge is 0.316 e. The molecule has 0 spiro atoms. The lowest BCUT2D eigenvalue weighted by Crippen LogP contribution is -2.44. The maximum Gasteiger partial charge on any atom is 0.329 e. The Hall–Kier alpha value is -2.41. The molecule has 0 radical (unpaired) electrons. The van der Waals surface area contributed by atoms with Crippen LogP contribution in [0.15, 0.2) is 23.0 Å². The zero-order valence-corrected chi connectivity index (χ0v) is 12.5. The fraction of sp³-hybridized carbons (Fsp3) is 0.400. The summed E-state index contributed by atoms with van der Waals surface area (Å²) >= 11 is 0. The maximum atomic E-state index is 12.5. The summed E-state index contributed by atoms with van der Waals surface area (Å²) in [5.74, 6) is -0.698. The quantitative estimate of drug-likeness (QED) is 0.784. The number of rotatable bonds is 3. The number of nitrogens with zero attached hydrogens (tertiary/aromatic N) is 2. The Morgan fingerprint density at radius 1 is 1.27 bits per heavy atom. The van der Waals surface area contributed by atoms with Gasteiger partial charge in [0.25, 0.3) is 0 Å². The number of carbonyl (C=O) groups is 2. The highest BCUT2D eigenvalue weighted by Crippen LogP contribution is 2.23. The molecule has 2 heterocycles. The van der Waals surface area contributed by atoms with Gasteiger partial charge >= 0.3 is 5.69 Å². The van der Waals surface area contributed by atoms with Gasteiger partial charge in [-0.3, -0.25) is 24.0 Å². The highest BCUT2D eigenvalue weighted by molar-refractivity contribution is 6.00. The molecule has 1 aliphatic rings. The molecule has 0 aliphatic carbocycles. The first-order valence-electron chi connectivity index (χ1n) is 7.21. The lowest BCUT2D eigenvalue weighted by molar-refractivity contribution is -0.135. The molecule has 116 valence electrons. The van der Waals surface area contributed by atoms with E-state index in [2.05, 4.69) is 10.6 Å². The summed E-state index contributed by atoms with van der Waals surface area (Å²) in [6.45, 7) is 0.702. The van der Waals surface area contributed by atoms with Crippen LogP contribution < -0.4 is 16.3 Å². The number of hydrogen-bond donors (Lipinski definition) is 2. The predicted molar refractivity (Wildman–Crippen MR) is 81.4 cm³/mol. The largest absolute Gasteiger partial charge is 0.329 e. The van der Waals surface area contributed by atoms with Crippen molar-refractivity contribution in [2.45, 2.75) is 25.4 Å². The summed E-state index contributed by atoms with van der Waals surface area (Å²) in [4.78, 5) is 35.9. The Morgan fingerprint density at radius 2 is 2.05 bits per heavy atom. The van der Waals surface area contributed by atoms with Crippen molar-refractivity contribution in [3.63, 3.8) is 0 Å². The van der Waals surface area contributed by atoms with Crippen molar-refractivity contribution in [1.82, 2.24) is 19.8 Å². The normalized spacial score (nSPS) is 18.7. The second-order valence-electron chi connectivity index (χ2n) is 5.53. The Kier molecular flexibility index (Phi) is 3.58. The molecule has 0 saturated carbocycles. The molecule has 1 unspecified atom stereocenters. The van der Waals surface area contributed by atoms with Crippen molar-refractivity contribution in [2.75, 3.05) is 7.05 Å². The van der Waals surface area contributed by atoms with Gasteiger partial charge in [-0.2, -0.15) is 0 Å². The zero-order chi connectivity index (χ0) is 15.9. The number of fused-ring (bicyclic) bond motifs is 1. The highest BCUT2D eigenvalue weighted by atomic mass is 16.2. The van der Waals surface area contributed by atoms with Crippen molar-refractivity contribution in [1.29, 1.82) is 0 Å². The topological polar surface area (TPSA) is 85.1 Å². The molecule has 2 amide bonds. The van der Waals surface area contributed by atoms with Gasteiger partial charge in [-0.1, -0.05) is 6.07 Å². The van der Waals surface area contributed by atoms with Gasteiger partial charge in [-0.05, 0) is 31.2 Å². The van der Waals surface area contributed by atoms with Crippen molar-refractivity contribution >= 4 is 22.8 Å². The monoisotopic (exact) mass is 302 g/mol. The SMILES string of the molecule is CNCc1ccc2c(c1)n(C)c(=O)n2C1CCC(=O)NC1=O. The molecule has 1 saturated heterocycles. The summed E-state index contributed by atoms with van der Waals surface area (Å²) in [7, 11) is 3.55. The second-order valence-corrected chi connectivity index (χ2v) is 5.53. The van der Waals surface area contributed by atoms with Gasteiger partial charge in [0, 0.05) is 20.0 Å². The van der Waals surface area contributed by atoms with Gasteiger partial charge in [-0.15, -0.1) is 0 Å². The van der Waals surface area contributed by atoms with Crippen LogP contribution in [0.4, 0.5) is 0 Å². The molecule has 1 fully saturated rings. The van der Waals surface area contributed by atoms with E-state index in [1.165, 1.54) is 9.13 Å². The molecule has 22 heavy (non-hydrogen) atoms. The number of hydrogen-bond acceptors (Lipinski definition) is 4. The lowest BCUT2D eigenvalue weighted by Gasteiger charge is -2.21. The number of benzene rings is 1. The predicted octanol–water partition coefficient (Wildman–Crippen LogP) is 0.0371. The van der Waals surface area contributed by atoms with Crippen molar-refractivity contribution in [3.8, 4) is 0 Å². The Labute approximate surface area is 126 Å². The number of carbonyl (C=O) groups excluding carboxylic acids is 2.